The Morgan fingerprint density at radius 3 is 2.58 bits per heavy atom. The van der Waals surface area contributed by atoms with Gasteiger partial charge in [0.25, 0.3) is 5.91 Å². The second-order valence-corrected chi connectivity index (χ2v) is 8.52. The molecule has 0 saturated carbocycles. The summed E-state index contributed by atoms with van der Waals surface area (Å²) in [5.74, 6) is -0.267. The minimum Gasteiger partial charge on any atom is -0.306 e. The minimum absolute atomic E-state index is 0.123. The summed E-state index contributed by atoms with van der Waals surface area (Å²) in [7, 11) is -3.24. The van der Waals surface area contributed by atoms with Crippen LogP contribution in [0.2, 0.25) is 5.02 Å². The summed E-state index contributed by atoms with van der Waals surface area (Å²) in [4.78, 5) is 12.6. The summed E-state index contributed by atoms with van der Waals surface area (Å²) < 4.78 is 25.5. The number of halogens is 1. The first-order valence-electron chi connectivity index (χ1n) is 7.86. The van der Waals surface area contributed by atoms with Crippen molar-refractivity contribution in [2.24, 2.45) is 0 Å². The molecule has 0 fully saturated rings. The van der Waals surface area contributed by atoms with Gasteiger partial charge in [-0.3, -0.25) is 4.79 Å². The predicted molar refractivity (Wildman–Crippen MR) is 99.3 cm³/mol. The van der Waals surface area contributed by atoms with Crippen LogP contribution < -0.4 is 5.32 Å². The van der Waals surface area contributed by atoms with Crippen LogP contribution >= 0.6 is 11.6 Å². The van der Waals surface area contributed by atoms with Crippen LogP contribution in [0.4, 0.5) is 5.82 Å². The number of nitrogens with zero attached hydrogens (tertiary/aromatic N) is 2. The van der Waals surface area contributed by atoms with Gasteiger partial charge in [0.1, 0.15) is 5.82 Å². The van der Waals surface area contributed by atoms with Crippen molar-refractivity contribution in [3.8, 4) is 5.69 Å². The summed E-state index contributed by atoms with van der Waals surface area (Å²) >= 11 is 5.95. The van der Waals surface area contributed by atoms with E-state index in [4.69, 9.17) is 11.6 Å². The van der Waals surface area contributed by atoms with Gasteiger partial charge in [-0.15, -0.1) is 0 Å². The number of anilines is 1. The van der Waals surface area contributed by atoms with Crippen molar-refractivity contribution in [2.45, 2.75) is 11.5 Å². The monoisotopic (exact) mass is 387 g/mol. The average molecular weight is 388 g/mol. The van der Waals surface area contributed by atoms with Crippen molar-refractivity contribution >= 4 is 33.2 Å². The number of carbonyl (C=O) groups is 1. The van der Waals surface area contributed by atoms with Crippen LogP contribution in [0.1, 0.15) is 21.6 Å². The first kappa shape index (κ1) is 16.8. The fraction of sp³-hybridized carbons (Fsp3) is 0.111. The summed E-state index contributed by atoms with van der Waals surface area (Å²) in [5, 5.41) is 7.67. The summed E-state index contributed by atoms with van der Waals surface area (Å²) in [6.45, 7) is 0. The Hall–Kier alpha value is -2.64. The number of aromatic nitrogens is 2. The molecule has 26 heavy (non-hydrogen) atoms. The summed E-state index contributed by atoms with van der Waals surface area (Å²) in [5.41, 5.74) is 2.12. The van der Waals surface area contributed by atoms with Crippen molar-refractivity contribution in [3.05, 3.63) is 76.4 Å². The van der Waals surface area contributed by atoms with Crippen molar-refractivity contribution in [1.29, 1.82) is 0 Å². The molecular formula is C18H14ClN3O3S. The highest BCUT2D eigenvalue weighted by Crippen LogP contribution is 2.33. The molecular weight excluding hydrogens is 374 g/mol. The van der Waals surface area contributed by atoms with Gasteiger partial charge in [0.05, 0.1) is 22.9 Å². The lowest BCUT2D eigenvalue weighted by Crippen LogP contribution is -2.17. The van der Waals surface area contributed by atoms with Crippen molar-refractivity contribution < 1.29 is 13.2 Å². The molecule has 1 aromatic heterocycles. The van der Waals surface area contributed by atoms with Gasteiger partial charge in [-0.1, -0.05) is 35.9 Å². The topological polar surface area (TPSA) is 81.1 Å². The number of benzene rings is 2. The lowest BCUT2D eigenvalue weighted by Gasteiger charge is -2.11. The Labute approximate surface area is 155 Å². The maximum Gasteiger partial charge on any atom is 0.256 e. The Morgan fingerprint density at radius 1 is 1.08 bits per heavy atom. The van der Waals surface area contributed by atoms with E-state index in [2.05, 4.69) is 10.4 Å². The average Bonchev–Trinajstić information content (AvgIpc) is 3.08. The Morgan fingerprint density at radius 2 is 1.85 bits per heavy atom. The summed E-state index contributed by atoms with van der Waals surface area (Å²) in [6, 6.07) is 15.8. The summed E-state index contributed by atoms with van der Waals surface area (Å²) in [6.07, 6.45) is 0. The highest BCUT2D eigenvalue weighted by Gasteiger charge is 2.33. The molecule has 1 amide bonds. The first-order valence-corrected chi connectivity index (χ1v) is 10.1. The normalized spacial score (nSPS) is 14.8. The number of rotatable bonds is 3. The van der Waals surface area contributed by atoms with Gasteiger partial charge in [-0.25, -0.2) is 13.1 Å². The molecule has 3 aromatic rings. The lowest BCUT2D eigenvalue weighted by atomic mass is 10.2. The molecule has 132 valence electrons. The van der Waals surface area contributed by atoms with Crippen LogP contribution in [-0.2, 0) is 21.3 Å². The van der Waals surface area contributed by atoms with E-state index in [0.717, 1.165) is 5.69 Å². The lowest BCUT2D eigenvalue weighted by molar-refractivity contribution is 0.102. The number of nitrogens with one attached hydrogen (secondary N) is 1. The van der Waals surface area contributed by atoms with E-state index in [-0.39, 0.29) is 17.4 Å². The quantitative estimate of drug-likeness (QED) is 0.748. The van der Waals surface area contributed by atoms with Gasteiger partial charge in [0.15, 0.2) is 9.84 Å². The standard InChI is InChI=1S/C18H14ClN3O3S/c19-13-6-4-5-12(9-13)18(23)20-17-15-10-26(24,25)11-16(15)21-22(17)14-7-2-1-3-8-14/h1-9H,10-11H2,(H,20,23). The third kappa shape index (κ3) is 3.11. The largest absolute Gasteiger partial charge is 0.306 e. The van der Waals surface area contributed by atoms with E-state index in [1.807, 2.05) is 30.3 Å². The molecule has 0 bridgehead atoms. The van der Waals surface area contributed by atoms with Crippen LogP contribution in [0.15, 0.2) is 54.6 Å². The number of hydrogen-bond acceptors (Lipinski definition) is 4. The Kier molecular flexibility index (Phi) is 4.05. The second kappa shape index (κ2) is 6.26. The molecule has 6 nitrogen and oxygen atoms in total. The van der Waals surface area contributed by atoms with E-state index < -0.39 is 9.84 Å². The zero-order valence-corrected chi connectivity index (χ0v) is 15.1. The third-order valence-electron chi connectivity index (χ3n) is 4.11. The van der Waals surface area contributed by atoms with Crippen LogP contribution in [0.3, 0.4) is 0 Å². The van der Waals surface area contributed by atoms with Gasteiger partial charge in [0, 0.05) is 16.1 Å². The molecule has 4 rings (SSSR count). The number of carbonyl (C=O) groups excluding carboxylic acids is 1. The molecule has 1 aliphatic rings. The predicted octanol–water partition coefficient (Wildman–Crippen LogP) is 3.21. The van der Waals surface area contributed by atoms with Crippen molar-refractivity contribution in [2.75, 3.05) is 5.32 Å². The van der Waals surface area contributed by atoms with Gasteiger partial charge in [-0.2, -0.15) is 5.10 Å². The molecule has 0 atom stereocenters. The SMILES string of the molecule is O=C(Nc1c2c(nn1-c1ccccc1)CS(=O)(=O)C2)c1cccc(Cl)c1. The molecule has 8 heteroatoms. The van der Waals surface area contributed by atoms with E-state index in [1.165, 1.54) is 0 Å². The van der Waals surface area contributed by atoms with Crippen molar-refractivity contribution in [1.82, 2.24) is 9.78 Å². The van der Waals surface area contributed by atoms with Gasteiger partial charge in [-0.05, 0) is 30.3 Å². The molecule has 0 spiro atoms. The second-order valence-electron chi connectivity index (χ2n) is 6.02. The minimum atomic E-state index is -3.24. The number of para-hydroxylation sites is 1. The zero-order chi connectivity index (χ0) is 18.3. The van der Waals surface area contributed by atoms with Crippen LogP contribution in [0, 0.1) is 0 Å². The Balaban J connectivity index is 1.78. The number of sulfone groups is 1. The molecule has 0 aliphatic carbocycles. The molecule has 0 unspecified atom stereocenters. The molecule has 1 aliphatic heterocycles. The van der Waals surface area contributed by atoms with Gasteiger partial charge < -0.3 is 5.32 Å². The molecule has 2 aromatic carbocycles. The molecule has 0 radical (unpaired) electrons. The zero-order valence-electron chi connectivity index (χ0n) is 13.5. The maximum absolute atomic E-state index is 12.6. The highest BCUT2D eigenvalue weighted by molar-refractivity contribution is 7.90. The van der Waals surface area contributed by atoms with Crippen molar-refractivity contribution in [3.63, 3.8) is 0 Å². The van der Waals surface area contributed by atoms with E-state index >= 15 is 0 Å². The maximum atomic E-state index is 12.6. The first-order chi connectivity index (χ1) is 12.4. The van der Waals surface area contributed by atoms with Crippen LogP contribution in [-0.4, -0.2) is 24.1 Å². The Bertz CT molecular complexity index is 1110. The third-order valence-corrected chi connectivity index (χ3v) is 5.78. The molecule has 1 N–H and O–H groups in total. The number of fused-ring (bicyclic) bond motifs is 1. The molecule has 2 heterocycles. The smallest absolute Gasteiger partial charge is 0.256 e. The number of hydrogen-bond donors (Lipinski definition) is 1. The van der Waals surface area contributed by atoms with Gasteiger partial charge in [0.2, 0.25) is 0 Å². The van der Waals surface area contributed by atoms with E-state index in [1.54, 1.807) is 28.9 Å². The van der Waals surface area contributed by atoms with E-state index in [0.29, 0.717) is 27.7 Å². The fourth-order valence-corrected chi connectivity index (χ4v) is 4.62. The highest BCUT2D eigenvalue weighted by atomic mass is 35.5. The number of amides is 1. The van der Waals surface area contributed by atoms with Crippen LogP contribution in [0.25, 0.3) is 5.69 Å². The van der Waals surface area contributed by atoms with E-state index in [9.17, 15) is 13.2 Å². The molecule has 0 saturated heterocycles. The fourth-order valence-electron chi connectivity index (χ4n) is 2.94. The van der Waals surface area contributed by atoms with Gasteiger partial charge >= 0.3 is 0 Å². The van der Waals surface area contributed by atoms with Crippen LogP contribution in [0.5, 0.6) is 0 Å².